The van der Waals surface area contributed by atoms with Crippen molar-refractivity contribution in [3.05, 3.63) is 27.6 Å². The zero-order valence-corrected chi connectivity index (χ0v) is 9.32. The lowest BCUT2D eigenvalue weighted by molar-refractivity contribution is -0.386. The number of hydrogen-bond donors (Lipinski definition) is 0. The monoisotopic (exact) mass is 297 g/mol. The van der Waals surface area contributed by atoms with E-state index in [0.717, 1.165) is 0 Å². The molecule has 0 amide bonds. The molecule has 0 aliphatic rings. The van der Waals surface area contributed by atoms with Gasteiger partial charge < -0.3 is 4.74 Å². The largest absolute Gasteiger partial charge is 0.573 e. The van der Waals surface area contributed by atoms with Crippen LogP contribution in [0.1, 0.15) is 17.8 Å². The second-order valence-electron chi connectivity index (χ2n) is 3.28. The standard InChI is InChI=1S/C9H4F5N3O3/c10-8(11)7-5(17(18)19)3-6(20-9(12,13)14)4(16-7)1-2-15/h3,8H,1H2. The Kier molecular flexibility index (Phi) is 4.38. The minimum absolute atomic E-state index is 0.175. The van der Waals surface area contributed by atoms with Gasteiger partial charge in [-0.3, -0.25) is 10.1 Å². The van der Waals surface area contributed by atoms with Crippen molar-refractivity contribution in [1.29, 1.82) is 5.26 Å². The van der Waals surface area contributed by atoms with E-state index in [-0.39, 0.29) is 6.07 Å². The fourth-order valence-corrected chi connectivity index (χ4v) is 1.26. The highest BCUT2D eigenvalue weighted by Crippen LogP contribution is 2.34. The Labute approximate surface area is 107 Å². The molecule has 20 heavy (non-hydrogen) atoms. The van der Waals surface area contributed by atoms with E-state index in [1.54, 1.807) is 0 Å². The molecule has 1 aromatic rings. The molecule has 108 valence electrons. The Morgan fingerprint density at radius 3 is 2.50 bits per heavy atom. The first kappa shape index (κ1) is 15.5. The normalized spacial score (nSPS) is 11.2. The lowest BCUT2D eigenvalue weighted by Gasteiger charge is -2.12. The summed E-state index contributed by atoms with van der Waals surface area (Å²) in [6, 6.07) is 1.58. The molecule has 0 aromatic carbocycles. The van der Waals surface area contributed by atoms with Gasteiger partial charge in [-0.2, -0.15) is 5.26 Å². The number of nitro groups is 1. The van der Waals surface area contributed by atoms with Gasteiger partial charge in [0.25, 0.3) is 12.1 Å². The zero-order chi connectivity index (χ0) is 15.5. The van der Waals surface area contributed by atoms with Crippen molar-refractivity contribution in [2.75, 3.05) is 0 Å². The van der Waals surface area contributed by atoms with Crippen molar-refractivity contribution >= 4 is 5.69 Å². The highest BCUT2D eigenvalue weighted by atomic mass is 19.4. The zero-order valence-electron chi connectivity index (χ0n) is 9.32. The molecule has 0 aliphatic heterocycles. The van der Waals surface area contributed by atoms with Crippen LogP contribution < -0.4 is 4.74 Å². The van der Waals surface area contributed by atoms with E-state index in [9.17, 15) is 32.1 Å². The van der Waals surface area contributed by atoms with Crippen LogP contribution in [0.15, 0.2) is 6.07 Å². The molecule has 0 saturated carbocycles. The lowest BCUT2D eigenvalue weighted by Crippen LogP contribution is -2.19. The van der Waals surface area contributed by atoms with Crippen LogP contribution in [0.2, 0.25) is 0 Å². The van der Waals surface area contributed by atoms with Crippen molar-refractivity contribution < 1.29 is 31.6 Å². The molecular weight excluding hydrogens is 293 g/mol. The number of rotatable bonds is 4. The molecule has 0 unspecified atom stereocenters. The number of hydrogen-bond acceptors (Lipinski definition) is 5. The highest BCUT2D eigenvalue weighted by molar-refractivity contribution is 5.46. The van der Waals surface area contributed by atoms with Crippen LogP contribution in [-0.4, -0.2) is 16.3 Å². The van der Waals surface area contributed by atoms with Gasteiger partial charge in [0.1, 0.15) is 0 Å². The first-order valence-corrected chi connectivity index (χ1v) is 4.74. The molecule has 0 atom stereocenters. The van der Waals surface area contributed by atoms with Crippen molar-refractivity contribution in [2.24, 2.45) is 0 Å². The summed E-state index contributed by atoms with van der Waals surface area (Å²) in [6.45, 7) is 0. The summed E-state index contributed by atoms with van der Waals surface area (Å²) in [6.07, 6.45) is -9.36. The summed E-state index contributed by atoms with van der Waals surface area (Å²) in [4.78, 5) is 12.3. The lowest BCUT2D eigenvalue weighted by atomic mass is 10.2. The average Bonchev–Trinajstić information content (AvgIpc) is 2.28. The van der Waals surface area contributed by atoms with E-state index in [2.05, 4.69) is 9.72 Å². The molecular formula is C9H4F5N3O3. The van der Waals surface area contributed by atoms with E-state index in [1.165, 1.54) is 6.07 Å². The highest BCUT2D eigenvalue weighted by Gasteiger charge is 2.35. The molecule has 1 rings (SSSR count). The van der Waals surface area contributed by atoms with E-state index in [1.807, 2.05) is 0 Å². The van der Waals surface area contributed by atoms with Crippen LogP contribution in [0.4, 0.5) is 27.6 Å². The van der Waals surface area contributed by atoms with Gasteiger partial charge in [-0.25, -0.2) is 13.8 Å². The van der Waals surface area contributed by atoms with E-state index < -0.39 is 47.0 Å². The number of halogens is 5. The minimum Gasteiger partial charge on any atom is -0.404 e. The fraction of sp³-hybridized carbons (Fsp3) is 0.333. The summed E-state index contributed by atoms with van der Waals surface area (Å²) >= 11 is 0. The first-order valence-electron chi connectivity index (χ1n) is 4.74. The van der Waals surface area contributed by atoms with Crippen LogP contribution in [0.25, 0.3) is 0 Å². The van der Waals surface area contributed by atoms with Crippen LogP contribution >= 0.6 is 0 Å². The maximum Gasteiger partial charge on any atom is 0.573 e. The summed E-state index contributed by atoms with van der Waals surface area (Å²) in [5.41, 5.74) is -3.40. The predicted octanol–water partition coefficient (Wildman–Crippen LogP) is 2.89. The van der Waals surface area contributed by atoms with Gasteiger partial charge in [0.15, 0.2) is 11.4 Å². The molecule has 0 N–H and O–H groups in total. The Morgan fingerprint density at radius 2 is 2.10 bits per heavy atom. The summed E-state index contributed by atoms with van der Waals surface area (Å²) in [5.74, 6) is -1.16. The third-order valence-corrected chi connectivity index (χ3v) is 1.95. The topological polar surface area (TPSA) is 89.0 Å². The van der Waals surface area contributed by atoms with E-state index >= 15 is 0 Å². The Hall–Kier alpha value is -2.51. The second kappa shape index (κ2) is 5.64. The molecule has 0 bridgehead atoms. The molecule has 1 heterocycles. The number of nitrogens with zero attached hydrogens (tertiary/aromatic N) is 3. The minimum atomic E-state index is -5.20. The van der Waals surface area contributed by atoms with Gasteiger partial charge in [-0.1, -0.05) is 0 Å². The Bertz CT molecular complexity index is 567. The number of pyridine rings is 1. The van der Waals surface area contributed by atoms with Crippen molar-refractivity contribution in [3.63, 3.8) is 0 Å². The number of aromatic nitrogens is 1. The van der Waals surface area contributed by atoms with E-state index in [0.29, 0.717) is 0 Å². The van der Waals surface area contributed by atoms with Crippen molar-refractivity contribution in [1.82, 2.24) is 4.98 Å². The Morgan fingerprint density at radius 1 is 1.50 bits per heavy atom. The van der Waals surface area contributed by atoms with Crippen LogP contribution in [-0.2, 0) is 6.42 Å². The van der Waals surface area contributed by atoms with E-state index in [4.69, 9.17) is 5.26 Å². The third kappa shape index (κ3) is 3.74. The predicted molar refractivity (Wildman–Crippen MR) is 51.8 cm³/mol. The maximum absolute atomic E-state index is 12.6. The summed E-state index contributed by atoms with van der Waals surface area (Å²) in [5, 5.41) is 18.9. The van der Waals surface area contributed by atoms with Gasteiger partial charge in [-0.05, 0) is 0 Å². The average molecular weight is 297 g/mol. The van der Waals surface area contributed by atoms with Crippen LogP contribution in [0.5, 0.6) is 5.75 Å². The van der Waals surface area contributed by atoms with Gasteiger partial charge in [0.2, 0.25) is 0 Å². The third-order valence-electron chi connectivity index (χ3n) is 1.95. The summed E-state index contributed by atoms with van der Waals surface area (Å²) in [7, 11) is 0. The van der Waals surface area contributed by atoms with Crippen molar-refractivity contribution in [2.45, 2.75) is 19.2 Å². The second-order valence-corrected chi connectivity index (χ2v) is 3.28. The van der Waals surface area contributed by atoms with Crippen LogP contribution in [0.3, 0.4) is 0 Å². The van der Waals surface area contributed by atoms with Gasteiger partial charge in [0.05, 0.1) is 29.2 Å². The molecule has 1 aromatic heterocycles. The van der Waals surface area contributed by atoms with Crippen LogP contribution in [0, 0.1) is 21.4 Å². The number of ether oxygens (including phenoxy) is 1. The van der Waals surface area contributed by atoms with Gasteiger partial charge in [0, 0.05) is 0 Å². The molecule has 0 fully saturated rings. The summed E-state index contributed by atoms with van der Waals surface area (Å²) < 4.78 is 64.9. The molecule has 0 radical (unpaired) electrons. The van der Waals surface area contributed by atoms with Gasteiger partial charge >= 0.3 is 6.36 Å². The maximum atomic E-state index is 12.6. The van der Waals surface area contributed by atoms with Crippen molar-refractivity contribution in [3.8, 4) is 11.8 Å². The fourth-order valence-electron chi connectivity index (χ4n) is 1.26. The first-order chi connectivity index (χ1) is 9.15. The number of nitriles is 1. The number of alkyl halides is 5. The Balaban J connectivity index is 3.45. The molecule has 0 saturated heterocycles. The molecule has 11 heteroatoms. The van der Waals surface area contributed by atoms with Gasteiger partial charge in [-0.15, -0.1) is 13.2 Å². The molecule has 6 nitrogen and oxygen atoms in total. The quantitative estimate of drug-likeness (QED) is 0.484. The molecule has 0 aliphatic carbocycles. The SMILES string of the molecule is N#CCc1nc(C(F)F)c([N+](=O)[O-])cc1OC(F)(F)F. The smallest absolute Gasteiger partial charge is 0.404 e. The molecule has 0 spiro atoms.